The number of fused-ring (bicyclic) bond motifs is 5. The van der Waals surface area contributed by atoms with Gasteiger partial charge in [0.1, 0.15) is 0 Å². The summed E-state index contributed by atoms with van der Waals surface area (Å²) in [7, 11) is 0. The smallest absolute Gasteiger partial charge is 0.0405 e. The fourth-order valence-corrected chi connectivity index (χ4v) is 3.32. The molecule has 3 unspecified atom stereocenters. The zero-order valence-electron chi connectivity index (χ0n) is 7.54. The fourth-order valence-electron chi connectivity index (χ4n) is 2.96. The molecule has 0 saturated heterocycles. The molecule has 0 nitrogen and oxygen atoms in total. The van der Waals surface area contributed by atoms with E-state index in [1.54, 1.807) is 5.56 Å². The second-order valence-corrected chi connectivity index (χ2v) is 4.82. The van der Waals surface area contributed by atoms with Crippen LogP contribution in [0, 0.1) is 0 Å². The lowest BCUT2D eigenvalue weighted by Gasteiger charge is -2.23. The van der Waals surface area contributed by atoms with E-state index < -0.39 is 0 Å². The van der Waals surface area contributed by atoms with Gasteiger partial charge in [0.2, 0.25) is 0 Å². The molecule has 0 heterocycles. The van der Waals surface area contributed by atoms with Crippen LogP contribution in [-0.4, -0.2) is 5.38 Å². The first-order valence-corrected chi connectivity index (χ1v) is 5.53. The Morgan fingerprint density at radius 2 is 1.85 bits per heavy atom. The highest BCUT2D eigenvalue weighted by Crippen LogP contribution is 2.51. The Morgan fingerprint density at radius 1 is 1.08 bits per heavy atom. The van der Waals surface area contributed by atoms with Gasteiger partial charge in [-0.3, -0.25) is 0 Å². The molecule has 13 heavy (non-hydrogen) atoms. The molecule has 1 saturated carbocycles. The van der Waals surface area contributed by atoms with Gasteiger partial charge in [-0.25, -0.2) is 0 Å². The summed E-state index contributed by atoms with van der Waals surface area (Å²) < 4.78 is 0. The minimum atomic E-state index is 0.389. The van der Waals surface area contributed by atoms with Crippen molar-refractivity contribution < 1.29 is 0 Å². The van der Waals surface area contributed by atoms with Crippen molar-refractivity contribution in [3.8, 4) is 0 Å². The fraction of sp³-hybridized carbons (Fsp3) is 0.500. The van der Waals surface area contributed by atoms with Gasteiger partial charge < -0.3 is 0 Å². The summed E-state index contributed by atoms with van der Waals surface area (Å²) >= 11 is 6.34. The number of alkyl halides is 1. The molecule has 3 atom stereocenters. The molecule has 2 aliphatic carbocycles. The minimum Gasteiger partial charge on any atom is -0.122 e. The molecule has 2 aliphatic rings. The summed E-state index contributed by atoms with van der Waals surface area (Å²) in [6.45, 7) is 0. The highest BCUT2D eigenvalue weighted by atomic mass is 35.5. The molecule has 0 amide bonds. The lowest BCUT2D eigenvalue weighted by atomic mass is 9.86. The average molecular weight is 193 g/mol. The number of benzene rings is 1. The normalized spacial score (nSPS) is 35.9. The summed E-state index contributed by atoms with van der Waals surface area (Å²) in [6, 6.07) is 8.85. The van der Waals surface area contributed by atoms with Crippen LogP contribution >= 0.6 is 11.6 Å². The molecule has 1 fully saturated rings. The molecular weight excluding hydrogens is 180 g/mol. The van der Waals surface area contributed by atoms with Crippen molar-refractivity contribution in [3.63, 3.8) is 0 Å². The van der Waals surface area contributed by atoms with Crippen molar-refractivity contribution in [2.75, 3.05) is 0 Å². The third-order valence-corrected chi connectivity index (χ3v) is 4.12. The van der Waals surface area contributed by atoms with Gasteiger partial charge in [0.15, 0.2) is 0 Å². The van der Waals surface area contributed by atoms with E-state index in [0.29, 0.717) is 11.3 Å². The van der Waals surface area contributed by atoms with E-state index in [1.807, 2.05) is 0 Å². The van der Waals surface area contributed by atoms with Crippen molar-refractivity contribution in [1.29, 1.82) is 0 Å². The maximum absolute atomic E-state index is 6.34. The minimum absolute atomic E-state index is 0.389. The zero-order valence-corrected chi connectivity index (χ0v) is 8.30. The largest absolute Gasteiger partial charge is 0.122 e. The summed E-state index contributed by atoms with van der Waals surface area (Å²) in [5.41, 5.74) is 3.11. The molecule has 0 N–H and O–H groups in total. The van der Waals surface area contributed by atoms with E-state index in [1.165, 1.54) is 24.8 Å². The summed E-state index contributed by atoms with van der Waals surface area (Å²) in [5, 5.41) is 0.389. The van der Waals surface area contributed by atoms with Crippen LogP contribution in [0.5, 0.6) is 0 Å². The first-order chi connectivity index (χ1) is 6.36. The highest BCUT2D eigenvalue weighted by Gasteiger charge is 2.38. The van der Waals surface area contributed by atoms with Gasteiger partial charge in [0.25, 0.3) is 0 Å². The van der Waals surface area contributed by atoms with Gasteiger partial charge >= 0.3 is 0 Å². The van der Waals surface area contributed by atoms with Crippen molar-refractivity contribution in [2.24, 2.45) is 0 Å². The molecule has 2 bridgehead atoms. The van der Waals surface area contributed by atoms with Crippen LogP contribution in [0.4, 0.5) is 0 Å². The van der Waals surface area contributed by atoms with Gasteiger partial charge in [0, 0.05) is 11.3 Å². The second kappa shape index (κ2) is 2.75. The third-order valence-electron chi connectivity index (χ3n) is 3.60. The summed E-state index contributed by atoms with van der Waals surface area (Å²) in [5.74, 6) is 1.47. The molecule has 0 spiro atoms. The van der Waals surface area contributed by atoms with E-state index in [9.17, 15) is 0 Å². The highest BCUT2D eigenvalue weighted by molar-refractivity contribution is 6.21. The Labute approximate surface area is 83.9 Å². The number of hydrogen-bond donors (Lipinski definition) is 0. The summed E-state index contributed by atoms with van der Waals surface area (Å²) in [6.07, 6.45) is 3.79. The van der Waals surface area contributed by atoms with Crippen LogP contribution in [0.15, 0.2) is 24.3 Å². The molecule has 1 aromatic carbocycles. The molecule has 68 valence electrons. The lowest BCUT2D eigenvalue weighted by molar-refractivity contribution is 0.442. The van der Waals surface area contributed by atoms with Crippen LogP contribution in [0.1, 0.15) is 42.2 Å². The topological polar surface area (TPSA) is 0 Å². The van der Waals surface area contributed by atoms with Crippen LogP contribution in [0.2, 0.25) is 0 Å². The van der Waals surface area contributed by atoms with E-state index in [2.05, 4.69) is 24.3 Å². The van der Waals surface area contributed by atoms with Crippen LogP contribution in [-0.2, 0) is 0 Å². The number of hydrogen-bond acceptors (Lipinski definition) is 0. The summed E-state index contributed by atoms with van der Waals surface area (Å²) in [4.78, 5) is 0. The molecular formula is C12H13Cl. The quantitative estimate of drug-likeness (QED) is 0.551. The molecule has 0 aliphatic heterocycles. The average Bonchev–Trinajstić information content (AvgIpc) is 2.48. The first kappa shape index (κ1) is 7.87. The Hall–Kier alpha value is -0.490. The maximum atomic E-state index is 6.34. The Kier molecular flexibility index (Phi) is 1.66. The molecule has 0 radical (unpaired) electrons. The zero-order chi connectivity index (χ0) is 8.84. The lowest BCUT2D eigenvalue weighted by Crippen LogP contribution is -2.15. The molecule has 1 aromatic rings. The molecule has 3 rings (SSSR count). The third kappa shape index (κ3) is 1.05. The number of halogens is 1. The van der Waals surface area contributed by atoms with E-state index in [4.69, 9.17) is 11.6 Å². The monoisotopic (exact) mass is 192 g/mol. The van der Waals surface area contributed by atoms with Gasteiger partial charge in [-0.15, -0.1) is 11.6 Å². The Morgan fingerprint density at radius 3 is 2.69 bits per heavy atom. The van der Waals surface area contributed by atoms with Crippen LogP contribution in [0.3, 0.4) is 0 Å². The van der Waals surface area contributed by atoms with Crippen molar-refractivity contribution in [1.82, 2.24) is 0 Å². The molecule has 0 aromatic heterocycles. The predicted molar refractivity (Wildman–Crippen MR) is 55.4 cm³/mol. The van der Waals surface area contributed by atoms with Crippen molar-refractivity contribution in [2.45, 2.75) is 36.5 Å². The van der Waals surface area contributed by atoms with Crippen LogP contribution < -0.4 is 0 Å². The standard InChI is InChI=1S/C12H13Cl/c13-12-6-5-8-7-11(12)10-4-2-1-3-9(8)10/h1-4,8,11-12H,5-7H2. The SMILES string of the molecule is ClC1CCC2CC1c1ccccc12. The second-order valence-electron chi connectivity index (χ2n) is 4.26. The van der Waals surface area contributed by atoms with Crippen molar-refractivity contribution >= 4 is 11.6 Å². The Balaban J connectivity index is 2.13. The van der Waals surface area contributed by atoms with Gasteiger partial charge in [0.05, 0.1) is 0 Å². The van der Waals surface area contributed by atoms with Crippen LogP contribution in [0.25, 0.3) is 0 Å². The first-order valence-electron chi connectivity index (χ1n) is 5.09. The van der Waals surface area contributed by atoms with Gasteiger partial charge in [-0.2, -0.15) is 0 Å². The van der Waals surface area contributed by atoms with Gasteiger partial charge in [-0.05, 0) is 36.3 Å². The van der Waals surface area contributed by atoms with Crippen molar-refractivity contribution in [3.05, 3.63) is 35.4 Å². The predicted octanol–water partition coefficient (Wildman–Crippen LogP) is 3.66. The van der Waals surface area contributed by atoms with E-state index in [-0.39, 0.29) is 0 Å². The Bertz CT molecular complexity index is 332. The van der Waals surface area contributed by atoms with E-state index >= 15 is 0 Å². The van der Waals surface area contributed by atoms with E-state index in [0.717, 1.165) is 5.92 Å². The maximum Gasteiger partial charge on any atom is 0.0405 e. The number of rotatable bonds is 0. The van der Waals surface area contributed by atoms with Gasteiger partial charge in [-0.1, -0.05) is 24.3 Å². The molecule has 1 heteroatoms.